The van der Waals surface area contributed by atoms with Crippen molar-refractivity contribution >= 4 is 5.91 Å². The second kappa shape index (κ2) is 4.92. The summed E-state index contributed by atoms with van der Waals surface area (Å²) in [4.78, 5) is 14.1. The molecule has 1 aromatic rings. The lowest BCUT2D eigenvalue weighted by atomic mass is 9.95. The van der Waals surface area contributed by atoms with Crippen LogP contribution in [0, 0.1) is 0 Å². The van der Waals surface area contributed by atoms with Crippen LogP contribution in [0.2, 0.25) is 0 Å². The topological polar surface area (TPSA) is 60.2 Å². The molecule has 0 radical (unpaired) electrons. The highest BCUT2D eigenvalue weighted by atomic mass is 16.5. The van der Waals surface area contributed by atoms with Crippen LogP contribution in [0.15, 0.2) is 0 Å². The molecule has 1 aromatic heterocycles. The first-order valence-electron chi connectivity index (χ1n) is 6.58. The van der Waals surface area contributed by atoms with Gasteiger partial charge in [0.15, 0.2) is 5.82 Å². The van der Waals surface area contributed by atoms with E-state index in [0.29, 0.717) is 19.7 Å². The third kappa shape index (κ3) is 2.49. The first kappa shape index (κ1) is 14.0. The molecule has 1 amide bonds. The minimum absolute atomic E-state index is 0.106. The van der Waals surface area contributed by atoms with Gasteiger partial charge in [-0.3, -0.25) is 4.79 Å². The Hall–Kier alpha value is -1.43. The summed E-state index contributed by atoms with van der Waals surface area (Å²) in [5.74, 6) is 1.83. The third-order valence-electron chi connectivity index (χ3n) is 3.39. The average Bonchev–Trinajstić information content (AvgIpc) is 2.75. The first-order valence-corrected chi connectivity index (χ1v) is 6.58. The van der Waals surface area contributed by atoms with Crippen LogP contribution in [-0.4, -0.2) is 45.8 Å². The van der Waals surface area contributed by atoms with E-state index in [0.717, 1.165) is 11.6 Å². The van der Waals surface area contributed by atoms with Crippen LogP contribution in [0.5, 0.6) is 0 Å². The zero-order valence-electron chi connectivity index (χ0n) is 12.3. The van der Waals surface area contributed by atoms with E-state index in [1.54, 1.807) is 12.0 Å². The summed E-state index contributed by atoms with van der Waals surface area (Å²) in [6, 6.07) is -0.246. The number of fused-ring (bicyclic) bond motifs is 1. The van der Waals surface area contributed by atoms with Crippen LogP contribution in [0.25, 0.3) is 0 Å². The summed E-state index contributed by atoms with van der Waals surface area (Å²) in [5, 5.41) is 8.52. The van der Waals surface area contributed by atoms with Crippen LogP contribution in [0.3, 0.4) is 0 Å². The summed E-state index contributed by atoms with van der Waals surface area (Å²) in [5.41, 5.74) is -0.117. The van der Waals surface area contributed by atoms with E-state index in [9.17, 15) is 4.79 Å². The lowest BCUT2D eigenvalue weighted by Crippen LogP contribution is -2.44. The fourth-order valence-corrected chi connectivity index (χ4v) is 2.36. The Morgan fingerprint density at radius 2 is 2.05 bits per heavy atom. The molecule has 2 heterocycles. The second-order valence-electron chi connectivity index (χ2n) is 5.99. The van der Waals surface area contributed by atoms with E-state index < -0.39 is 0 Å². The molecule has 0 aromatic carbocycles. The van der Waals surface area contributed by atoms with Crippen molar-refractivity contribution in [2.45, 2.75) is 45.7 Å². The van der Waals surface area contributed by atoms with Gasteiger partial charge in [-0.1, -0.05) is 20.8 Å². The molecule has 0 saturated heterocycles. The largest absolute Gasteiger partial charge is 0.383 e. The Bertz CT molecular complexity index is 475. The Morgan fingerprint density at radius 1 is 1.37 bits per heavy atom. The number of methoxy groups -OCH3 is 1. The van der Waals surface area contributed by atoms with Gasteiger partial charge in [0.05, 0.1) is 13.2 Å². The summed E-state index contributed by atoms with van der Waals surface area (Å²) in [6.45, 7) is 9.80. The number of ether oxygens (including phenoxy) is 1. The molecule has 0 unspecified atom stereocenters. The van der Waals surface area contributed by atoms with Crippen molar-refractivity contribution in [3.05, 3.63) is 11.6 Å². The normalized spacial score (nSPS) is 19.7. The van der Waals surface area contributed by atoms with Crippen LogP contribution < -0.4 is 0 Å². The lowest BCUT2D eigenvalue weighted by molar-refractivity contribution is -0.137. The number of nitrogens with zero attached hydrogens (tertiary/aromatic N) is 4. The van der Waals surface area contributed by atoms with E-state index in [-0.39, 0.29) is 17.4 Å². The fourth-order valence-electron chi connectivity index (χ4n) is 2.36. The SMILES string of the molecule is COCCN1Cc2nnc(C(C)(C)C)n2[C@@H](C)C1=O. The minimum atomic E-state index is -0.246. The number of carbonyl (C=O) groups excluding carboxylic acids is 1. The molecule has 0 spiro atoms. The molecule has 6 heteroatoms. The van der Waals surface area contributed by atoms with Gasteiger partial charge in [0.25, 0.3) is 0 Å². The highest BCUT2D eigenvalue weighted by Gasteiger charge is 2.35. The number of amides is 1. The van der Waals surface area contributed by atoms with Gasteiger partial charge in [-0.05, 0) is 6.92 Å². The minimum Gasteiger partial charge on any atom is -0.383 e. The summed E-state index contributed by atoms with van der Waals surface area (Å²) in [7, 11) is 1.64. The van der Waals surface area contributed by atoms with E-state index in [1.807, 2.05) is 11.5 Å². The molecule has 0 bridgehead atoms. The Balaban J connectivity index is 2.32. The van der Waals surface area contributed by atoms with E-state index >= 15 is 0 Å². The Labute approximate surface area is 113 Å². The van der Waals surface area contributed by atoms with E-state index in [4.69, 9.17) is 4.74 Å². The molecule has 0 N–H and O–H groups in total. The highest BCUT2D eigenvalue weighted by Crippen LogP contribution is 2.28. The van der Waals surface area contributed by atoms with E-state index in [2.05, 4.69) is 31.0 Å². The molecule has 1 atom stereocenters. The number of hydrogen-bond acceptors (Lipinski definition) is 4. The molecule has 19 heavy (non-hydrogen) atoms. The molecule has 0 saturated carbocycles. The van der Waals surface area contributed by atoms with Crippen LogP contribution >= 0.6 is 0 Å². The molecular formula is C13H22N4O2. The zero-order chi connectivity index (χ0) is 14.2. The molecule has 6 nitrogen and oxygen atoms in total. The molecule has 1 aliphatic heterocycles. The van der Waals surface area contributed by atoms with Gasteiger partial charge >= 0.3 is 0 Å². The fraction of sp³-hybridized carbons (Fsp3) is 0.769. The number of carbonyl (C=O) groups is 1. The Kier molecular flexibility index (Phi) is 3.62. The molecule has 1 aliphatic rings. The van der Waals surface area contributed by atoms with Crippen molar-refractivity contribution in [2.24, 2.45) is 0 Å². The number of aromatic nitrogens is 3. The maximum Gasteiger partial charge on any atom is 0.245 e. The number of rotatable bonds is 3. The van der Waals surface area contributed by atoms with Crippen LogP contribution in [0.1, 0.15) is 45.4 Å². The van der Waals surface area contributed by atoms with Gasteiger partial charge in [-0.15, -0.1) is 10.2 Å². The summed E-state index contributed by atoms with van der Waals surface area (Å²) < 4.78 is 7.02. The van der Waals surface area contributed by atoms with Crippen molar-refractivity contribution in [1.29, 1.82) is 0 Å². The molecule has 106 valence electrons. The van der Waals surface area contributed by atoms with E-state index in [1.165, 1.54) is 0 Å². The van der Waals surface area contributed by atoms with Crippen molar-refractivity contribution < 1.29 is 9.53 Å². The van der Waals surface area contributed by atoms with Gasteiger partial charge in [-0.2, -0.15) is 0 Å². The maximum absolute atomic E-state index is 12.4. The standard InChI is InChI=1S/C13H22N4O2/c1-9-11(18)16(6-7-19-5)8-10-14-15-12(17(9)10)13(2,3)4/h9H,6-8H2,1-5H3/t9-/m0/s1. The summed E-state index contributed by atoms with van der Waals surface area (Å²) >= 11 is 0. The smallest absolute Gasteiger partial charge is 0.245 e. The van der Waals surface area contributed by atoms with Crippen molar-refractivity contribution in [3.8, 4) is 0 Å². The van der Waals surface area contributed by atoms with Crippen molar-refractivity contribution in [3.63, 3.8) is 0 Å². The lowest BCUT2D eigenvalue weighted by Gasteiger charge is -2.33. The maximum atomic E-state index is 12.4. The van der Waals surface area contributed by atoms with Crippen molar-refractivity contribution in [2.75, 3.05) is 20.3 Å². The highest BCUT2D eigenvalue weighted by molar-refractivity contribution is 5.81. The molecule has 0 aliphatic carbocycles. The van der Waals surface area contributed by atoms with Crippen LogP contribution in [-0.2, 0) is 21.5 Å². The van der Waals surface area contributed by atoms with Gasteiger partial charge in [0, 0.05) is 19.1 Å². The third-order valence-corrected chi connectivity index (χ3v) is 3.39. The van der Waals surface area contributed by atoms with Crippen LogP contribution in [0.4, 0.5) is 0 Å². The predicted octanol–water partition coefficient (Wildman–Crippen LogP) is 1.13. The molecule has 0 fully saturated rings. The molecular weight excluding hydrogens is 244 g/mol. The first-order chi connectivity index (χ1) is 8.86. The second-order valence-corrected chi connectivity index (χ2v) is 5.99. The van der Waals surface area contributed by atoms with Gasteiger partial charge < -0.3 is 14.2 Å². The van der Waals surface area contributed by atoms with Gasteiger partial charge in [-0.25, -0.2) is 0 Å². The Morgan fingerprint density at radius 3 is 2.63 bits per heavy atom. The number of hydrogen-bond donors (Lipinski definition) is 0. The quantitative estimate of drug-likeness (QED) is 0.822. The van der Waals surface area contributed by atoms with Crippen molar-refractivity contribution in [1.82, 2.24) is 19.7 Å². The predicted molar refractivity (Wildman–Crippen MR) is 70.7 cm³/mol. The summed E-state index contributed by atoms with van der Waals surface area (Å²) in [6.07, 6.45) is 0. The average molecular weight is 266 g/mol. The monoisotopic (exact) mass is 266 g/mol. The van der Waals surface area contributed by atoms with Gasteiger partial charge in [0.2, 0.25) is 5.91 Å². The molecule has 2 rings (SSSR count). The van der Waals surface area contributed by atoms with Gasteiger partial charge in [0.1, 0.15) is 11.9 Å². The zero-order valence-corrected chi connectivity index (χ0v) is 12.3.